The second-order valence-corrected chi connectivity index (χ2v) is 6.72. The van der Waals surface area contributed by atoms with E-state index in [4.69, 9.17) is 0 Å². The zero-order valence-corrected chi connectivity index (χ0v) is 13.3. The molecule has 3 atom stereocenters. The lowest BCUT2D eigenvalue weighted by molar-refractivity contribution is -0.144. The van der Waals surface area contributed by atoms with Gasteiger partial charge in [-0.15, -0.1) is 0 Å². The molecule has 2 fully saturated rings. The third-order valence-electron chi connectivity index (χ3n) is 5.35. The van der Waals surface area contributed by atoms with Gasteiger partial charge in [0.05, 0.1) is 0 Å². The largest absolute Gasteiger partial charge is 0.480 e. The summed E-state index contributed by atoms with van der Waals surface area (Å²) in [6.45, 7) is 5.84. The van der Waals surface area contributed by atoms with Gasteiger partial charge in [0, 0.05) is 25.7 Å². The van der Waals surface area contributed by atoms with Gasteiger partial charge in [-0.2, -0.15) is 0 Å². The van der Waals surface area contributed by atoms with E-state index in [9.17, 15) is 9.90 Å². The molecule has 0 bridgehead atoms. The van der Waals surface area contributed by atoms with Crippen LogP contribution in [0.25, 0.3) is 0 Å². The van der Waals surface area contributed by atoms with Crippen molar-refractivity contribution in [3.63, 3.8) is 0 Å². The van der Waals surface area contributed by atoms with Crippen molar-refractivity contribution >= 4 is 5.97 Å². The second kappa shape index (κ2) is 6.80. The molecule has 22 heavy (non-hydrogen) atoms. The van der Waals surface area contributed by atoms with Crippen LogP contribution in [0.15, 0.2) is 30.3 Å². The first-order chi connectivity index (χ1) is 10.6. The maximum Gasteiger partial charge on any atom is 0.320 e. The van der Waals surface area contributed by atoms with E-state index >= 15 is 0 Å². The molecule has 2 saturated heterocycles. The van der Waals surface area contributed by atoms with Crippen molar-refractivity contribution in [3.8, 4) is 0 Å². The maximum absolute atomic E-state index is 11.2. The molecular weight excluding hydrogens is 276 g/mol. The molecule has 4 heteroatoms. The summed E-state index contributed by atoms with van der Waals surface area (Å²) >= 11 is 0. The van der Waals surface area contributed by atoms with Crippen LogP contribution in [-0.2, 0) is 11.3 Å². The molecule has 0 aromatic heterocycles. The normalized spacial score (nSPS) is 28.0. The van der Waals surface area contributed by atoms with Crippen LogP contribution in [-0.4, -0.2) is 52.6 Å². The number of hydrogen-bond donors (Lipinski definition) is 1. The summed E-state index contributed by atoms with van der Waals surface area (Å²) in [5, 5.41) is 9.23. The molecule has 0 amide bonds. The topological polar surface area (TPSA) is 43.8 Å². The quantitative estimate of drug-likeness (QED) is 0.928. The maximum atomic E-state index is 11.2. The lowest BCUT2D eigenvalue weighted by Gasteiger charge is -2.48. The van der Waals surface area contributed by atoms with Crippen molar-refractivity contribution in [1.82, 2.24) is 9.80 Å². The van der Waals surface area contributed by atoms with E-state index in [1.165, 1.54) is 24.9 Å². The van der Waals surface area contributed by atoms with Crippen molar-refractivity contribution in [2.45, 2.75) is 44.8 Å². The molecule has 0 spiro atoms. The Morgan fingerprint density at radius 3 is 2.77 bits per heavy atom. The number of nitrogens with zero attached hydrogens (tertiary/aromatic N) is 2. The average molecular weight is 302 g/mol. The summed E-state index contributed by atoms with van der Waals surface area (Å²) < 4.78 is 0. The number of benzene rings is 1. The number of fused-ring (bicyclic) bond motifs is 1. The number of carbonyl (C=O) groups is 1. The molecule has 0 saturated carbocycles. The molecule has 0 aliphatic carbocycles. The lowest BCUT2D eigenvalue weighted by atomic mass is 9.83. The molecule has 4 nitrogen and oxygen atoms in total. The molecule has 1 N–H and O–H groups in total. The predicted molar refractivity (Wildman–Crippen MR) is 86.7 cm³/mol. The Labute approximate surface area is 132 Å². The smallest absolute Gasteiger partial charge is 0.320 e. The van der Waals surface area contributed by atoms with Crippen molar-refractivity contribution in [2.75, 3.05) is 19.6 Å². The van der Waals surface area contributed by atoms with E-state index in [0.29, 0.717) is 12.0 Å². The summed E-state index contributed by atoms with van der Waals surface area (Å²) in [7, 11) is 0. The molecular formula is C18H26N2O2. The van der Waals surface area contributed by atoms with E-state index in [2.05, 4.69) is 40.1 Å². The van der Waals surface area contributed by atoms with Crippen LogP contribution in [0.1, 0.15) is 31.7 Å². The highest BCUT2D eigenvalue weighted by molar-refractivity contribution is 5.72. The minimum Gasteiger partial charge on any atom is -0.480 e. The second-order valence-electron chi connectivity index (χ2n) is 6.72. The van der Waals surface area contributed by atoms with Gasteiger partial charge >= 0.3 is 5.97 Å². The van der Waals surface area contributed by atoms with Crippen molar-refractivity contribution in [3.05, 3.63) is 35.9 Å². The van der Waals surface area contributed by atoms with Crippen molar-refractivity contribution in [2.24, 2.45) is 5.92 Å². The van der Waals surface area contributed by atoms with Gasteiger partial charge in [0.15, 0.2) is 0 Å². The first-order valence-electron chi connectivity index (χ1n) is 8.40. The molecule has 3 rings (SSSR count). The van der Waals surface area contributed by atoms with Gasteiger partial charge < -0.3 is 5.11 Å². The Bertz CT molecular complexity index is 505. The molecule has 120 valence electrons. The summed E-state index contributed by atoms with van der Waals surface area (Å²) in [5.41, 5.74) is 1.38. The fourth-order valence-corrected chi connectivity index (χ4v) is 4.06. The Morgan fingerprint density at radius 1 is 1.27 bits per heavy atom. The van der Waals surface area contributed by atoms with Crippen LogP contribution in [0, 0.1) is 5.92 Å². The number of carboxylic acid groups (broad SMARTS) is 1. The molecule has 2 aliphatic rings. The van der Waals surface area contributed by atoms with E-state index in [1.54, 1.807) is 0 Å². The number of carboxylic acids is 1. The molecule has 1 aromatic rings. The van der Waals surface area contributed by atoms with Crippen LogP contribution in [0.5, 0.6) is 0 Å². The van der Waals surface area contributed by atoms with Crippen LogP contribution >= 0.6 is 0 Å². The molecule has 3 unspecified atom stereocenters. The van der Waals surface area contributed by atoms with E-state index in [-0.39, 0.29) is 6.04 Å². The van der Waals surface area contributed by atoms with Crippen molar-refractivity contribution < 1.29 is 9.90 Å². The Morgan fingerprint density at radius 2 is 2.05 bits per heavy atom. The van der Waals surface area contributed by atoms with Gasteiger partial charge in [0.25, 0.3) is 0 Å². The Kier molecular flexibility index (Phi) is 4.79. The molecule has 2 aliphatic heterocycles. The van der Waals surface area contributed by atoms with Gasteiger partial charge in [-0.1, -0.05) is 30.3 Å². The fraction of sp³-hybridized carbons (Fsp3) is 0.611. The van der Waals surface area contributed by atoms with Crippen LogP contribution in [0.4, 0.5) is 0 Å². The van der Waals surface area contributed by atoms with Gasteiger partial charge in [-0.25, -0.2) is 0 Å². The first kappa shape index (κ1) is 15.5. The zero-order chi connectivity index (χ0) is 15.5. The third kappa shape index (κ3) is 3.33. The van der Waals surface area contributed by atoms with E-state index in [1.807, 2.05) is 6.92 Å². The number of rotatable bonds is 4. The monoisotopic (exact) mass is 302 g/mol. The molecule has 1 aromatic carbocycles. The van der Waals surface area contributed by atoms with Crippen LogP contribution in [0.2, 0.25) is 0 Å². The van der Waals surface area contributed by atoms with Crippen LogP contribution < -0.4 is 0 Å². The standard InChI is InChI=1S/C18H26N2O2/c1-14(18(21)22)19-11-9-17-16(13-19)8-5-10-20(17)12-15-6-3-2-4-7-15/h2-4,6-7,14,16-17H,5,8-13H2,1H3,(H,21,22). The summed E-state index contributed by atoms with van der Waals surface area (Å²) in [6, 6.07) is 10.9. The SMILES string of the molecule is CC(C(=O)O)N1CCC2C(CCCN2Cc2ccccc2)C1. The highest BCUT2D eigenvalue weighted by Gasteiger charge is 2.38. The van der Waals surface area contributed by atoms with Gasteiger partial charge in [0.2, 0.25) is 0 Å². The highest BCUT2D eigenvalue weighted by atomic mass is 16.4. The average Bonchev–Trinajstić information content (AvgIpc) is 2.55. The fourth-order valence-electron chi connectivity index (χ4n) is 4.06. The number of likely N-dealkylation sites (tertiary alicyclic amines) is 2. The number of aliphatic carboxylic acids is 1. The third-order valence-corrected chi connectivity index (χ3v) is 5.35. The minimum absolute atomic E-state index is 0.356. The molecule has 2 heterocycles. The van der Waals surface area contributed by atoms with Gasteiger partial charge in [-0.05, 0) is 44.2 Å². The first-order valence-corrected chi connectivity index (χ1v) is 8.40. The number of hydrogen-bond acceptors (Lipinski definition) is 3. The van der Waals surface area contributed by atoms with Gasteiger partial charge in [-0.3, -0.25) is 14.6 Å². The summed E-state index contributed by atoms with van der Waals surface area (Å²) in [4.78, 5) is 16.0. The minimum atomic E-state index is -0.699. The summed E-state index contributed by atoms with van der Waals surface area (Å²) in [5.74, 6) is -0.0802. The lowest BCUT2D eigenvalue weighted by Crippen LogP contribution is -2.56. The van der Waals surface area contributed by atoms with E-state index < -0.39 is 5.97 Å². The predicted octanol–water partition coefficient (Wildman–Crippen LogP) is 2.45. The van der Waals surface area contributed by atoms with E-state index in [0.717, 1.165) is 26.1 Å². The number of piperidine rings is 2. The van der Waals surface area contributed by atoms with Crippen molar-refractivity contribution in [1.29, 1.82) is 0 Å². The Balaban J connectivity index is 1.64. The molecule has 0 radical (unpaired) electrons. The Hall–Kier alpha value is -1.39. The summed E-state index contributed by atoms with van der Waals surface area (Å²) in [6.07, 6.45) is 3.55. The van der Waals surface area contributed by atoms with Gasteiger partial charge in [0.1, 0.15) is 6.04 Å². The van der Waals surface area contributed by atoms with Crippen LogP contribution in [0.3, 0.4) is 0 Å². The highest BCUT2D eigenvalue weighted by Crippen LogP contribution is 2.32. The zero-order valence-electron chi connectivity index (χ0n) is 13.3.